The molecule has 0 amide bonds. The van der Waals surface area contributed by atoms with E-state index in [4.69, 9.17) is 0 Å². The van der Waals surface area contributed by atoms with Crippen LogP contribution in [0.25, 0.3) is 0 Å². The van der Waals surface area contributed by atoms with Crippen LogP contribution in [0.5, 0.6) is 0 Å². The van der Waals surface area contributed by atoms with Gasteiger partial charge in [0, 0.05) is 0 Å². The van der Waals surface area contributed by atoms with Gasteiger partial charge in [0.15, 0.2) is 0 Å². The summed E-state index contributed by atoms with van der Waals surface area (Å²) in [5.41, 5.74) is 0. The molecular weight excluding hydrogens is 196 g/mol. The van der Waals surface area contributed by atoms with Gasteiger partial charge in [-0.05, 0) is 28.2 Å². The fourth-order valence-corrected chi connectivity index (χ4v) is 0.462. The van der Waals surface area contributed by atoms with Gasteiger partial charge >= 0.3 is 39.2 Å². The average molecular weight is 217 g/mol. The van der Waals surface area contributed by atoms with Crippen molar-refractivity contribution in [2.75, 3.05) is 28.2 Å². The summed E-state index contributed by atoms with van der Waals surface area (Å²) >= 11 is -0.333. The van der Waals surface area contributed by atoms with Gasteiger partial charge in [0.25, 0.3) is 0 Å². The van der Waals surface area contributed by atoms with E-state index >= 15 is 0 Å². The molecule has 0 aliphatic carbocycles. The fraction of sp³-hybridized carbons (Fsp3) is 1.00. The quantitative estimate of drug-likeness (QED) is 0.636. The molecule has 66 valence electrons. The van der Waals surface area contributed by atoms with Crippen LogP contribution < -0.4 is 0 Å². The first kappa shape index (κ1) is 14.1. The van der Waals surface area contributed by atoms with Crippen LogP contribution in [0.2, 0.25) is 17.3 Å². The third-order valence-electron chi connectivity index (χ3n) is 0.462. The van der Waals surface area contributed by atoms with Gasteiger partial charge in [-0.2, -0.15) is 0 Å². The summed E-state index contributed by atoms with van der Waals surface area (Å²) in [7, 11) is 10.0. The second-order valence-electron chi connectivity index (χ2n) is 3.54. The molecule has 0 bridgehead atoms. The molecule has 0 aromatic heterocycles. The Balaban J connectivity index is 0. The molecule has 2 nitrogen and oxygen atoms in total. The Kier molecular flexibility index (Phi) is 11.0. The third-order valence-corrected chi connectivity index (χ3v) is 0.462. The van der Waals surface area contributed by atoms with Crippen molar-refractivity contribution in [3.63, 3.8) is 0 Å². The van der Waals surface area contributed by atoms with Crippen LogP contribution >= 0.6 is 0 Å². The van der Waals surface area contributed by atoms with Crippen molar-refractivity contribution in [3.8, 4) is 0 Å². The van der Waals surface area contributed by atoms with E-state index in [0.717, 1.165) is 0 Å². The maximum atomic E-state index is 2.33. The average Bonchev–Trinajstić information content (AvgIpc) is 1.56. The van der Waals surface area contributed by atoms with Crippen molar-refractivity contribution in [1.82, 2.24) is 9.62 Å². The van der Waals surface area contributed by atoms with Crippen LogP contribution in [-0.4, -0.2) is 59.7 Å². The van der Waals surface area contributed by atoms with Crippen molar-refractivity contribution < 1.29 is 0 Å². The maximum absolute atomic E-state index is 2.33. The van der Waals surface area contributed by atoms with E-state index in [1.807, 2.05) is 45.4 Å². The van der Waals surface area contributed by atoms with E-state index in [0.29, 0.717) is 0 Å². The predicted octanol–water partition coefficient (Wildman–Crippen LogP) is 1.01. The zero-order chi connectivity index (χ0) is 9.44. The van der Waals surface area contributed by atoms with Crippen molar-refractivity contribution in [3.05, 3.63) is 0 Å². The van der Waals surface area contributed by atoms with E-state index in [-0.39, 0.29) is 14.3 Å². The molecule has 0 aromatic rings. The van der Waals surface area contributed by atoms with Crippen LogP contribution in [0.4, 0.5) is 0 Å². The van der Waals surface area contributed by atoms with Gasteiger partial charge in [0.1, 0.15) is 0 Å². The van der Waals surface area contributed by atoms with Crippen LogP contribution in [0.3, 0.4) is 0 Å². The molecule has 11 heavy (non-hydrogen) atoms. The summed E-state index contributed by atoms with van der Waals surface area (Å²) in [6.45, 7) is 0. The Morgan fingerprint density at radius 2 is 1.00 bits per heavy atom. The first-order valence-electron chi connectivity index (χ1n) is 3.81. The van der Waals surface area contributed by atoms with E-state index in [9.17, 15) is 0 Å². The summed E-state index contributed by atoms with van der Waals surface area (Å²) in [5, 5.41) is 0. The standard InChI is InChI=1S/C4H12BN2.C3H9Ge/c1-6(2)5-7(3)4;1-4(2)3/h1-4H3;1-3H3. The van der Waals surface area contributed by atoms with Crippen LogP contribution in [0.15, 0.2) is 0 Å². The third kappa shape index (κ3) is 37.3. The summed E-state index contributed by atoms with van der Waals surface area (Å²) in [6.07, 6.45) is 0. The summed E-state index contributed by atoms with van der Waals surface area (Å²) in [4.78, 5) is 4.00. The Bertz CT molecular complexity index is 68.1. The molecule has 0 aliphatic rings. The molecule has 0 spiro atoms. The zero-order valence-electron chi connectivity index (χ0n) is 8.97. The Morgan fingerprint density at radius 3 is 1.00 bits per heavy atom. The van der Waals surface area contributed by atoms with Crippen molar-refractivity contribution in [2.24, 2.45) is 0 Å². The zero-order valence-corrected chi connectivity index (χ0v) is 11.1. The molecule has 0 aromatic carbocycles. The number of hydrogen-bond acceptors (Lipinski definition) is 2. The van der Waals surface area contributed by atoms with E-state index in [1.54, 1.807) is 0 Å². The molecule has 2 radical (unpaired) electrons. The number of nitrogens with zero attached hydrogens (tertiary/aromatic N) is 2. The summed E-state index contributed by atoms with van der Waals surface area (Å²) in [6, 6.07) is 0. The molecule has 0 heterocycles. The molecule has 0 aliphatic heterocycles. The van der Waals surface area contributed by atoms with Crippen LogP contribution in [-0.2, 0) is 0 Å². The van der Waals surface area contributed by atoms with Gasteiger partial charge in [-0.25, -0.2) is 0 Å². The summed E-state index contributed by atoms with van der Waals surface area (Å²) in [5.74, 6) is 7.00. The minimum atomic E-state index is -0.333. The van der Waals surface area contributed by atoms with Gasteiger partial charge in [-0.15, -0.1) is 0 Å². The molecule has 0 fully saturated rings. The van der Waals surface area contributed by atoms with Gasteiger partial charge in [-0.1, -0.05) is 0 Å². The van der Waals surface area contributed by atoms with Crippen molar-refractivity contribution >= 4 is 21.9 Å². The second kappa shape index (κ2) is 8.62. The predicted molar refractivity (Wildman–Crippen MR) is 56.5 cm³/mol. The molecule has 0 rings (SSSR count). The Labute approximate surface area is 77.3 Å². The summed E-state index contributed by atoms with van der Waals surface area (Å²) < 4.78 is 0. The molecular formula is C7H21BGeN2. The first-order valence-corrected chi connectivity index (χ1v) is 10.1. The van der Waals surface area contributed by atoms with Gasteiger partial charge in [0.2, 0.25) is 0 Å². The minimum absolute atomic E-state index is 0.333. The topological polar surface area (TPSA) is 6.48 Å². The van der Waals surface area contributed by atoms with Gasteiger partial charge in [-0.3, -0.25) is 0 Å². The Morgan fingerprint density at radius 1 is 0.818 bits per heavy atom. The molecule has 0 unspecified atom stereocenters. The fourth-order valence-electron chi connectivity index (χ4n) is 0.462. The molecule has 0 atom stereocenters. The normalized spacial score (nSPS) is 10.0. The molecule has 0 saturated carbocycles. The molecule has 0 N–H and O–H groups in total. The van der Waals surface area contributed by atoms with E-state index in [1.165, 1.54) is 0 Å². The second-order valence-corrected chi connectivity index (χ2v) is 9.84. The Hall–Kier alpha value is 0.528. The molecule has 4 heteroatoms. The van der Waals surface area contributed by atoms with E-state index < -0.39 is 0 Å². The number of rotatable bonds is 2. The van der Waals surface area contributed by atoms with Gasteiger partial charge in [0.05, 0.1) is 0 Å². The van der Waals surface area contributed by atoms with Gasteiger partial charge < -0.3 is 9.62 Å². The van der Waals surface area contributed by atoms with Crippen molar-refractivity contribution in [1.29, 1.82) is 0 Å². The first-order chi connectivity index (χ1) is 4.86. The monoisotopic (exact) mass is 218 g/mol. The van der Waals surface area contributed by atoms with Crippen LogP contribution in [0.1, 0.15) is 0 Å². The van der Waals surface area contributed by atoms with E-state index in [2.05, 4.69) is 17.3 Å². The number of hydrogen-bond donors (Lipinski definition) is 0. The van der Waals surface area contributed by atoms with Crippen LogP contribution in [0, 0.1) is 0 Å². The molecule has 0 saturated heterocycles. The SMILES string of the molecule is CN(C)[B]N(C)C.[CH3][Ge]([CH3])[CH3]. The van der Waals surface area contributed by atoms with Crippen molar-refractivity contribution in [2.45, 2.75) is 17.3 Å².